The zero-order valence-electron chi connectivity index (χ0n) is 11.7. The molecule has 106 valence electrons. The molecule has 0 aliphatic rings. The van der Waals surface area contributed by atoms with Crippen LogP contribution in [0.2, 0.25) is 0 Å². The zero-order chi connectivity index (χ0) is 14.6. The average Bonchev–Trinajstić information content (AvgIpc) is 2.42. The van der Waals surface area contributed by atoms with Crippen molar-refractivity contribution in [1.29, 1.82) is 0 Å². The quantitative estimate of drug-likeness (QED) is 0.877. The number of rotatable bonds is 5. The fourth-order valence-corrected chi connectivity index (χ4v) is 1.77. The molecule has 20 heavy (non-hydrogen) atoms. The van der Waals surface area contributed by atoms with Gasteiger partial charge in [-0.1, -0.05) is 30.3 Å². The maximum Gasteiger partial charge on any atom is 0.258 e. The maximum absolute atomic E-state index is 11.6. The van der Waals surface area contributed by atoms with E-state index in [4.69, 9.17) is 4.74 Å². The summed E-state index contributed by atoms with van der Waals surface area (Å²) in [5.74, 6) is 0.405. The number of carbonyl (C=O) groups is 1. The van der Waals surface area contributed by atoms with Gasteiger partial charge in [-0.25, -0.2) is 0 Å². The van der Waals surface area contributed by atoms with E-state index < -0.39 is 5.60 Å². The van der Waals surface area contributed by atoms with Gasteiger partial charge in [-0.3, -0.25) is 4.79 Å². The summed E-state index contributed by atoms with van der Waals surface area (Å²) in [7, 11) is 0. The maximum atomic E-state index is 11.6. The van der Waals surface area contributed by atoms with Gasteiger partial charge in [0.15, 0.2) is 6.61 Å². The van der Waals surface area contributed by atoms with Gasteiger partial charge in [0, 0.05) is 6.54 Å². The monoisotopic (exact) mass is 273 g/mol. The molecular formula is C16H19NO3. The van der Waals surface area contributed by atoms with Crippen LogP contribution in [0.4, 0.5) is 0 Å². The molecule has 0 heterocycles. The highest BCUT2D eigenvalue weighted by Gasteiger charge is 2.13. The summed E-state index contributed by atoms with van der Waals surface area (Å²) in [5.41, 5.74) is -0.918. The van der Waals surface area contributed by atoms with Gasteiger partial charge >= 0.3 is 0 Å². The summed E-state index contributed by atoms with van der Waals surface area (Å²) in [5, 5.41) is 14.3. The number of carbonyl (C=O) groups excluding carboxylic acids is 1. The molecule has 0 aliphatic carbocycles. The lowest BCUT2D eigenvalue weighted by Gasteiger charge is -2.17. The first-order valence-electron chi connectivity index (χ1n) is 6.55. The second-order valence-electron chi connectivity index (χ2n) is 5.39. The number of hydrogen-bond acceptors (Lipinski definition) is 3. The molecular weight excluding hydrogens is 254 g/mol. The van der Waals surface area contributed by atoms with E-state index in [1.165, 1.54) is 0 Å². The Kier molecular flexibility index (Phi) is 4.25. The number of amides is 1. The molecule has 0 aromatic heterocycles. The van der Waals surface area contributed by atoms with Gasteiger partial charge in [0.2, 0.25) is 0 Å². The second-order valence-corrected chi connectivity index (χ2v) is 5.39. The molecule has 4 heteroatoms. The minimum absolute atomic E-state index is 0.0611. The summed E-state index contributed by atoms with van der Waals surface area (Å²) in [4.78, 5) is 11.6. The minimum Gasteiger partial charge on any atom is -0.484 e. The molecule has 0 aliphatic heterocycles. The van der Waals surface area contributed by atoms with Crippen molar-refractivity contribution in [2.75, 3.05) is 13.2 Å². The number of hydrogen-bond donors (Lipinski definition) is 2. The van der Waals surface area contributed by atoms with Crippen molar-refractivity contribution in [3.05, 3.63) is 42.5 Å². The van der Waals surface area contributed by atoms with Crippen LogP contribution in [0.15, 0.2) is 42.5 Å². The highest BCUT2D eigenvalue weighted by Crippen LogP contribution is 2.20. The van der Waals surface area contributed by atoms with Crippen LogP contribution in [0.1, 0.15) is 13.8 Å². The molecule has 2 aromatic carbocycles. The van der Waals surface area contributed by atoms with E-state index in [1.54, 1.807) is 13.8 Å². The number of aliphatic hydroxyl groups is 1. The Morgan fingerprint density at radius 3 is 2.60 bits per heavy atom. The molecule has 0 saturated carbocycles. The van der Waals surface area contributed by atoms with Gasteiger partial charge in [-0.15, -0.1) is 0 Å². The van der Waals surface area contributed by atoms with E-state index in [1.807, 2.05) is 42.5 Å². The third-order valence-electron chi connectivity index (χ3n) is 2.81. The molecule has 4 nitrogen and oxygen atoms in total. The van der Waals surface area contributed by atoms with Gasteiger partial charge in [-0.05, 0) is 36.8 Å². The molecule has 2 N–H and O–H groups in total. The van der Waals surface area contributed by atoms with Gasteiger partial charge in [0.25, 0.3) is 5.91 Å². The first kappa shape index (κ1) is 14.3. The lowest BCUT2D eigenvalue weighted by atomic mass is 10.1. The summed E-state index contributed by atoms with van der Waals surface area (Å²) in [6.07, 6.45) is 0. The van der Waals surface area contributed by atoms with E-state index in [0.29, 0.717) is 5.75 Å². The zero-order valence-corrected chi connectivity index (χ0v) is 11.7. The lowest BCUT2D eigenvalue weighted by Crippen LogP contribution is -2.40. The van der Waals surface area contributed by atoms with Crippen molar-refractivity contribution in [3.63, 3.8) is 0 Å². The Bertz CT molecular complexity index is 602. The first-order chi connectivity index (χ1) is 9.44. The molecule has 0 atom stereocenters. The van der Waals surface area contributed by atoms with Crippen molar-refractivity contribution in [1.82, 2.24) is 5.32 Å². The van der Waals surface area contributed by atoms with Crippen LogP contribution in [0.5, 0.6) is 5.75 Å². The topological polar surface area (TPSA) is 58.6 Å². The molecule has 2 aromatic rings. The SMILES string of the molecule is CC(C)(O)CNC(=O)COc1ccc2ccccc2c1. The van der Waals surface area contributed by atoms with Gasteiger partial charge < -0.3 is 15.2 Å². The number of ether oxygens (including phenoxy) is 1. The van der Waals surface area contributed by atoms with Crippen molar-refractivity contribution in [2.24, 2.45) is 0 Å². The molecule has 0 fully saturated rings. The van der Waals surface area contributed by atoms with Crippen LogP contribution < -0.4 is 10.1 Å². The van der Waals surface area contributed by atoms with Crippen LogP contribution in [-0.4, -0.2) is 29.8 Å². The molecule has 0 unspecified atom stereocenters. The normalized spacial score (nSPS) is 11.3. The molecule has 2 rings (SSSR count). The van der Waals surface area contributed by atoms with Gasteiger partial charge in [0.05, 0.1) is 5.60 Å². The molecule has 0 saturated heterocycles. The third-order valence-corrected chi connectivity index (χ3v) is 2.81. The Balaban J connectivity index is 1.90. The van der Waals surface area contributed by atoms with Crippen LogP contribution in [0.3, 0.4) is 0 Å². The van der Waals surface area contributed by atoms with E-state index in [9.17, 15) is 9.90 Å². The Morgan fingerprint density at radius 1 is 1.20 bits per heavy atom. The van der Waals surface area contributed by atoms with E-state index >= 15 is 0 Å². The second kappa shape index (κ2) is 5.92. The highest BCUT2D eigenvalue weighted by atomic mass is 16.5. The fraction of sp³-hybridized carbons (Fsp3) is 0.312. The Morgan fingerprint density at radius 2 is 1.90 bits per heavy atom. The predicted molar refractivity (Wildman–Crippen MR) is 78.8 cm³/mol. The van der Waals surface area contributed by atoms with Gasteiger partial charge in [-0.2, -0.15) is 0 Å². The van der Waals surface area contributed by atoms with Gasteiger partial charge in [0.1, 0.15) is 5.75 Å². The summed E-state index contributed by atoms with van der Waals surface area (Å²) < 4.78 is 5.45. The van der Waals surface area contributed by atoms with E-state index in [0.717, 1.165) is 10.8 Å². The van der Waals surface area contributed by atoms with Crippen LogP contribution in [0.25, 0.3) is 10.8 Å². The summed E-state index contributed by atoms with van der Waals surface area (Å²) in [6, 6.07) is 13.7. The van der Waals surface area contributed by atoms with E-state index in [-0.39, 0.29) is 19.1 Å². The molecule has 0 bridgehead atoms. The number of benzene rings is 2. The van der Waals surface area contributed by atoms with Crippen molar-refractivity contribution in [3.8, 4) is 5.75 Å². The molecule has 0 spiro atoms. The van der Waals surface area contributed by atoms with Crippen molar-refractivity contribution in [2.45, 2.75) is 19.4 Å². The number of fused-ring (bicyclic) bond motifs is 1. The number of nitrogens with one attached hydrogen (secondary N) is 1. The minimum atomic E-state index is -0.918. The Labute approximate surface area is 118 Å². The largest absolute Gasteiger partial charge is 0.484 e. The smallest absolute Gasteiger partial charge is 0.258 e. The average molecular weight is 273 g/mol. The summed E-state index contributed by atoms with van der Waals surface area (Å²) >= 11 is 0. The highest BCUT2D eigenvalue weighted by molar-refractivity contribution is 5.84. The Hall–Kier alpha value is -2.07. The van der Waals surface area contributed by atoms with Crippen LogP contribution >= 0.6 is 0 Å². The molecule has 1 amide bonds. The standard InChI is InChI=1S/C16H19NO3/c1-16(2,19)11-17-15(18)10-20-14-8-7-12-5-3-4-6-13(12)9-14/h3-9,19H,10-11H2,1-2H3,(H,17,18). The van der Waals surface area contributed by atoms with E-state index in [2.05, 4.69) is 5.32 Å². The predicted octanol–water partition coefficient (Wildman–Crippen LogP) is 2.11. The molecule has 0 radical (unpaired) electrons. The van der Waals surface area contributed by atoms with Crippen LogP contribution in [-0.2, 0) is 4.79 Å². The first-order valence-corrected chi connectivity index (χ1v) is 6.55. The van der Waals surface area contributed by atoms with Crippen molar-refractivity contribution >= 4 is 16.7 Å². The third kappa shape index (κ3) is 4.24. The lowest BCUT2D eigenvalue weighted by molar-refractivity contribution is -0.124. The van der Waals surface area contributed by atoms with Crippen molar-refractivity contribution < 1.29 is 14.6 Å². The fourth-order valence-electron chi connectivity index (χ4n) is 1.77. The summed E-state index contributed by atoms with van der Waals surface area (Å²) in [6.45, 7) is 3.41. The van der Waals surface area contributed by atoms with Crippen LogP contribution in [0, 0.1) is 0 Å².